The molecule has 0 aliphatic heterocycles. The molecule has 0 spiro atoms. The normalized spacial score (nSPS) is 11.4. The summed E-state index contributed by atoms with van der Waals surface area (Å²) in [5, 5.41) is 12.3. The molecule has 0 aromatic heterocycles. The molecule has 0 unspecified atom stereocenters. The van der Waals surface area contributed by atoms with E-state index in [4.69, 9.17) is 10.5 Å². The molecule has 0 aliphatic carbocycles. The summed E-state index contributed by atoms with van der Waals surface area (Å²) in [5.74, 6) is -2.13. The number of nitrogens with two attached hydrogens (primary N) is 1. The average molecular weight is 342 g/mol. The Morgan fingerprint density at radius 3 is 2.32 bits per heavy atom. The number of anilines is 1. The SMILES string of the molecule is Cc1ccc(C(=O)O[C@H](C)C(=O)Nc2ccc(C(N)=O)cc2)c(O)c1. The number of nitrogens with one attached hydrogen (secondary N) is 1. The topological polar surface area (TPSA) is 119 Å². The Labute approximate surface area is 144 Å². The van der Waals surface area contributed by atoms with Crippen LogP contribution in [0.4, 0.5) is 5.69 Å². The van der Waals surface area contributed by atoms with Gasteiger partial charge >= 0.3 is 5.97 Å². The molecule has 1 atom stereocenters. The van der Waals surface area contributed by atoms with Crippen LogP contribution >= 0.6 is 0 Å². The predicted molar refractivity (Wildman–Crippen MR) is 91.3 cm³/mol. The lowest BCUT2D eigenvalue weighted by atomic mass is 10.1. The van der Waals surface area contributed by atoms with Crippen LogP contribution in [0, 0.1) is 6.92 Å². The first-order chi connectivity index (χ1) is 11.8. The number of benzene rings is 2. The zero-order valence-corrected chi connectivity index (χ0v) is 13.8. The first-order valence-electron chi connectivity index (χ1n) is 7.49. The van der Waals surface area contributed by atoms with Crippen LogP contribution < -0.4 is 11.1 Å². The zero-order valence-electron chi connectivity index (χ0n) is 13.8. The summed E-state index contributed by atoms with van der Waals surface area (Å²) in [5.41, 5.74) is 6.65. The highest BCUT2D eigenvalue weighted by atomic mass is 16.5. The standard InChI is InChI=1S/C18H18N2O5/c1-10-3-8-14(15(21)9-10)18(24)25-11(2)17(23)20-13-6-4-12(5-7-13)16(19)22/h3-9,11,21H,1-2H3,(H2,19,22)(H,20,23)/t11-/m1/s1. The van der Waals surface area contributed by atoms with Crippen molar-refractivity contribution in [1.29, 1.82) is 0 Å². The van der Waals surface area contributed by atoms with Gasteiger partial charge in [0.1, 0.15) is 11.3 Å². The number of phenolic OH excluding ortho intramolecular Hbond substituents is 1. The molecule has 0 fully saturated rings. The molecular formula is C18H18N2O5. The molecule has 0 bridgehead atoms. The molecule has 2 rings (SSSR count). The van der Waals surface area contributed by atoms with Crippen LogP contribution in [-0.4, -0.2) is 29.0 Å². The monoisotopic (exact) mass is 342 g/mol. The number of aryl methyl sites for hydroxylation is 1. The Kier molecular flexibility index (Phi) is 5.38. The molecule has 7 nitrogen and oxygen atoms in total. The molecule has 2 aromatic carbocycles. The van der Waals surface area contributed by atoms with E-state index in [1.165, 1.54) is 43.3 Å². The van der Waals surface area contributed by atoms with Gasteiger partial charge in [0.15, 0.2) is 6.10 Å². The van der Waals surface area contributed by atoms with Crippen LogP contribution in [0.1, 0.15) is 33.2 Å². The summed E-state index contributed by atoms with van der Waals surface area (Å²) >= 11 is 0. The molecular weight excluding hydrogens is 324 g/mol. The minimum absolute atomic E-state index is 0.0175. The number of esters is 1. The second kappa shape index (κ2) is 7.48. The third-order valence-corrected chi connectivity index (χ3v) is 3.46. The van der Waals surface area contributed by atoms with Crippen molar-refractivity contribution in [3.05, 3.63) is 59.2 Å². The summed E-state index contributed by atoms with van der Waals surface area (Å²) in [4.78, 5) is 35.1. The van der Waals surface area contributed by atoms with E-state index in [0.717, 1.165) is 5.56 Å². The van der Waals surface area contributed by atoms with Crippen molar-refractivity contribution in [3.8, 4) is 5.75 Å². The van der Waals surface area contributed by atoms with Gasteiger partial charge in [0.25, 0.3) is 5.91 Å². The molecule has 0 heterocycles. The van der Waals surface area contributed by atoms with Gasteiger partial charge in [-0.1, -0.05) is 6.07 Å². The number of amides is 2. The summed E-state index contributed by atoms with van der Waals surface area (Å²) in [6, 6.07) is 10.5. The Morgan fingerprint density at radius 2 is 1.76 bits per heavy atom. The molecule has 0 aliphatic rings. The molecule has 25 heavy (non-hydrogen) atoms. The lowest BCUT2D eigenvalue weighted by Gasteiger charge is -2.14. The van der Waals surface area contributed by atoms with Crippen molar-refractivity contribution in [2.45, 2.75) is 20.0 Å². The van der Waals surface area contributed by atoms with E-state index in [9.17, 15) is 19.5 Å². The van der Waals surface area contributed by atoms with E-state index in [1.807, 2.05) is 0 Å². The van der Waals surface area contributed by atoms with Crippen molar-refractivity contribution >= 4 is 23.5 Å². The number of aromatic hydroxyl groups is 1. The van der Waals surface area contributed by atoms with Crippen LogP contribution in [0.2, 0.25) is 0 Å². The van der Waals surface area contributed by atoms with Crippen LogP contribution in [0.3, 0.4) is 0 Å². The highest BCUT2D eigenvalue weighted by molar-refractivity contribution is 5.99. The van der Waals surface area contributed by atoms with E-state index in [0.29, 0.717) is 11.3 Å². The zero-order chi connectivity index (χ0) is 18.6. The van der Waals surface area contributed by atoms with Crippen LogP contribution in [-0.2, 0) is 9.53 Å². The van der Waals surface area contributed by atoms with Crippen molar-refractivity contribution in [2.24, 2.45) is 5.73 Å². The van der Waals surface area contributed by atoms with Gasteiger partial charge < -0.3 is 20.9 Å². The summed E-state index contributed by atoms with van der Waals surface area (Å²) < 4.78 is 5.07. The van der Waals surface area contributed by atoms with E-state index in [2.05, 4.69) is 5.32 Å². The fourth-order valence-corrected chi connectivity index (χ4v) is 2.05. The lowest BCUT2D eigenvalue weighted by molar-refractivity contribution is -0.123. The van der Waals surface area contributed by atoms with Gasteiger partial charge in [-0.2, -0.15) is 0 Å². The minimum Gasteiger partial charge on any atom is -0.507 e. The van der Waals surface area contributed by atoms with Crippen molar-refractivity contribution in [1.82, 2.24) is 0 Å². The maximum Gasteiger partial charge on any atom is 0.342 e. The van der Waals surface area contributed by atoms with Gasteiger partial charge in [-0.3, -0.25) is 9.59 Å². The Hall–Kier alpha value is -3.35. The number of carbonyl (C=O) groups is 3. The average Bonchev–Trinajstić information content (AvgIpc) is 2.55. The molecule has 0 saturated carbocycles. The highest BCUT2D eigenvalue weighted by Crippen LogP contribution is 2.20. The maximum atomic E-state index is 12.1. The molecule has 0 saturated heterocycles. The number of rotatable bonds is 5. The number of hydrogen-bond acceptors (Lipinski definition) is 5. The summed E-state index contributed by atoms with van der Waals surface area (Å²) in [6.45, 7) is 3.19. The second-order valence-electron chi connectivity index (χ2n) is 5.50. The van der Waals surface area contributed by atoms with Crippen LogP contribution in [0.15, 0.2) is 42.5 Å². The molecule has 2 aromatic rings. The van der Waals surface area contributed by atoms with E-state index in [1.54, 1.807) is 13.0 Å². The predicted octanol–water partition coefficient (Wildman–Crippen LogP) is 1.98. The summed E-state index contributed by atoms with van der Waals surface area (Å²) in [6.07, 6.45) is -1.08. The largest absolute Gasteiger partial charge is 0.507 e. The molecule has 4 N–H and O–H groups in total. The third-order valence-electron chi connectivity index (χ3n) is 3.46. The quantitative estimate of drug-likeness (QED) is 0.718. The van der Waals surface area contributed by atoms with E-state index in [-0.39, 0.29) is 11.3 Å². The van der Waals surface area contributed by atoms with Crippen molar-refractivity contribution < 1.29 is 24.2 Å². The Morgan fingerprint density at radius 1 is 1.12 bits per heavy atom. The van der Waals surface area contributed by atoms with Gasteiger partial charge in [-0.05, 0) is 55.8 Å². The van der Waals surface area contributed by atoms with E-state index < -0.39 is 23.9 Å². The number of ether oxygens (including phenoxy) is 1. The number of phenols is 1. The van der Waals surface area contributed by atoms with Gasteiger partial charge in [-0.25, -0.2) is 4.79 Å². The smallest absolute Gasteiger partial charge is 0.342 e. The fraction of sp³-hybridized carbons (Fsp3) is 0.167. The van der Waals surface area contributed by atoms with Gasteiger partial charge in [0.2, 0.25) is 5.91 Å². The lowest BCUT2D eigenvalue weighted by Crippen LogP contribution is -2.30. The molecule has 7 heteroatoms. The Bertz CT molecular complexity index is 815. The van der Waals surface area contributed by atoms with Crippen molar-refractivity contribution in [3.63, 3.8) is 0 Å². The van der Waals surface area contributed by atoms with Gasteiger partial charge in [0.05, 0.1) is 0 Å². The first kappa shape index (κ1) is 18.0. The number of primary amides is 1. The van der Waals surface area contributed by atoms with Gasteiger partial charge in [0, 0.05) is 11.3 Å². The maximum absolute atomic E-state index is 12.1. The first-order valence-corrected chi connectivity index (χ1v) is 7.49. The Balaban J connectivity index is 1.99. The summed E-state index contributed by atoms with van der Waals surface area (Å²) in [7, 11) is 0. The van der Waals surface area contributed by atoms with Crippen molar-refractivity contribution in [2.75, 3.05) is 5.32 Å². The van der Waals surface area contributed by atoms with E-state index >= 15 is 0 Å². The number of carbonyl (C=O) groups excluding carboxylic acids is 3. The second-order valence-corrected chi connectivity index (χ2v) is 5.50. The third kappa shape index (κ3) is 4.57. The minimum atomic E-state index is -1.08. The molecule has 0 radical (unpaired) electrons. The van der Waals surface area contributed by atoms with Gasteiger partial charge in [-0.15, -0.1) is 0 Å². The van der Waals surface area contributed by atoms with Crippen LogP contribution in [0.5, 0.6) is 5.75 Å². The molecule has 130 valence electrons. The molecule has 2 amide bonds. The highest BCUT2D eigenvalue weighted by Gasteiger charge is 2.21. The number of hydrogen-bond donors (Lipinski definition) is 3. The fourth-order valence-electron chi connectivity index (χ4n) is 2.05. The van der Waals surface area contributed by atoms with Crippen LogP contribution in [0.25, 0.3) is 0 Å².